The average molecular weight is 357 g/mol. The second kappa shape index (κ2) is 8.26. The number of hydrogen-bond acceptors (Lipinski definition) is 3. The van der Waals surface area contributed by atoms with Crippen LogP contribution in [0.4, 0.5) is 0 Å². The van der Waals surface area contributed by atoms with Crippen LogP contribution in [0.15, 0.2) is 23.8 Å². The number of aliphatic carboxylic acids is 1. The van der Waals surface area contributed by atoms with Crippen LogP contribution in [-0.4, -0.2) is 41.7 Å². The Hall–Kier alpha value is -1.81. The van der Waals surface area contributed by atoms with Gasteiger partial charge in [0.2, 0.25) is 0 Å². The van der Waals surface area contributed by atoms with Gasteiger partial charge >= 0.3 is 5.97 Å². The van der Waals surface area contributed by atoms with Gasteiger partial charge in [-0.2, -0.15) is 0 Å². The lowest BCUT2D eigenvalue weighted by Gasteiger charge is -2.38. The Morgan fingerprint density at radius 1 is 1.35 bits per heavy atom. The third kappa shape index (κ3) is 4.29. The molecule has 1 aromatic carbocycles. The molecule has 0 bridgehead atoms. The van der Waals surface area contributed by atoms with Gasteiger partial charge in [-0.05, 0) is 48.4 Å². The molecule has 1 unspecified atom stereocenters. The van der Waals surface area contributed by atoms with E-state index in [4.69, 9.17) is 9.84 Å². The number of carboxylic acids is 1. The summed E-state index contributed by atoms with van der Waals surface area (Å²) < 4.78 is 6.17. The van der Waals surface area contributed by atoms with E-state index in [1.807, 2.05) is 0 Å². The van der Waals surface area contributed by atoms with E-state index >= 15 is 0 Å². The highest BCUT2D eigenvalue weighted by molar-refractivity contribution is 5.71. The fraction of sp³-hybridized carbons (Fsp3) is 0.591. The number of benzene rings is 1. The van der Waals surface area contributed by atoms with Crippen molar-refractivity contribution < 1.29 is 14.6 Å². The number of hydrogen-bond donors (Lipinski definition) is 1. The van der Waals surface area contributed by atoms with Crippen LogP contribution in [0.1, 0.15) is 51.2 Å². The Kier molecular flexibility index (Phi) is 6.02. The van der Waals surface area contributed by atoms with Crippen molar-refractivity contribution in [3.8, 4) is 5.75 Å². The minimum atomic E-state index is -0.668. The van der Waals surface area contributed by atoms with Crippen molar-refractivity contribution in [3.05, 3.63) is 34.9 Å². The predicted octanol–water partition coefficient (Wildman–Crippen LogP) is 4.24. The van der Waals surface area contributed by atoms with Gasteiger partial charge in [-0.1, -0.05) is 44.9 Å². The molecule has 1 N–H and O–H groups in total. The number of rotatable bonds is 8. The van der Waals surface area contributed by atoms with E-state index in [0.717, 1.165) is 38.0 Å². The normalized spacial score (nSPS) is 21.5. The maximum absolute atomic E-state index is 11.0. The summed E-state index contributed by atoms with van der Waals surface area (Å²) in [5, 5.41) is 9.03. The molecule has 0 radical (unpaired) electrons. The molecule has 0 saturated carbocycles. The van der Waals surface area contributed by atoms with Gasteiger partial charge in [0.25, 0.3) is 0 Å². The van der Waals surface area contributed by atoms with Crippen LogP contribution in [0, 0.1) is 11.8 Å². The summed E-state index contributed by atoms with van der Waals surface area (Å²) >= 11 is 0. The van der Waals surface area contributed by atoms with E-state index in [9.17, 15) is 4.79 Å². The molecule has 0 aromatic heterocycles. The molecule has 2 aliphatic rings. The maximum Gasteiger partial charge on any atom is 0.309 e. The van der Waals surface area contributed by atoms with Crippen LogP contribution < -0.4 is 4.74 Å². The lowest BCUT2D eigenvalue weighted by atomic mass is 9.83. The number of likely N-dealkylation sites (tertiary alicyclic amines) is 1. The Morgan fingerprint density at radius 3 is 2.77 bits per heavy atom. The van der Waals surface area contributed by atoms with Crippen LogP contribution in [0.25, 0.3) is 6.08 Å². The lowest BCUT2D eigenvalue weighted by molar-refractivity contribution is -0.147. The molecule has 1 aliphatic heterocycles. The highest BCUT2D eigenvalue weighted by atomic mass is 16.5. The lowest BCUT2D eigenvalue weighted by Crippen LogP contribution is -2.51. The molecule has 1 aliphatic carbocycles. The molecule has 4 heteroatoms. The first kappa shape index (κ1) is 19.0. The fourth-order valence-corrected chi connectivity index (χ4v) is 3.95. The highest BCUT2D eigenvalue weighted by Crippen LogP contribution is 2.33. The summed E-state index contributed by atoms with van der Waals surface area (Å²) in [6.07, 6.45) is 6.91. The fourth-order valence-electron chi connectivity index (χ4n) is 3.95. The van der Waals surface area contributed by atoms with Crippen molar-refractivity contribution in [2.45, 2.75) is 52.6 Å². The van der Waals surface area contributed by atoms with Crippen molar-refractivity contribution in [3.63, 3.8) is 0 Å². The van der Waals surface area contributed by atoms with Crippen molar-refractivity contribution in [2.24, 2.45) is 11.8 Å². The average Bonchev–Trinajstić information content (AvgIpc) is 2.57. The molecule has 1 saturated heterocycles. The van der Waals surface area contributed by atoms with E-state index < -0.39 is 5.97 Å². The molecule has 4 nitrogen and oxygen atoms in total. The molecule has 0 spiro atoms. The summed E-state index contributed by atoms with van der Waals surface area (Å²) in [5.74, 6) is 0.619. The molecule has 1 heterocycles. The maximum atomic E-state index is 11.0. The van der Waals surface area contributed by atoms with Gasteiger partial charge in [0.15, 0.2) is 0 Å². The van der Waals surface area contributed by atoms with Gasteiger partial charge in [-0.25, -0.2) is 0 Å². The molecule has 26 heavy (non-hydrogen) atoms. The summed E-state index contributed by atoms with van der Waals surface area (Å²) in [4.78, 5) is 13.2. The minimum absolute atomic E-state index is 0.184. The van der Waals surface area contributed by atoms with Gasteiger partial charge in [0, 0.05) is 19.6 Å². The smallest absolute Gasteiger partial charge is 0.309 e. The summed E-state index contributed by atoms with van der Waals surface area (Å²) in [6, 6.07) is 6.47. The van der Waals surface area contributed by atoms with E-state index in [0.29, 0.717) is 25.1 Å². The molecule has 1 aromatic rings. The monoisotopic (exact) mass is 357 g/mol. The molecule has 2 atom stereocenters. The molecule has 0 amide bonds. The van der Waals surface area contributed by atoms with Crippen molar-refractivity contribution in [2.75, 3.05) is 19.6 Å². The van der Waals surface area contributed by atoms with Gasteiger partial charge in [-0.15, -0.1) is 0 Å². The largest absolute Gasteiger partial charge is 0.490 e. The van der Waals surface area contributed by atoms with Crippen molar-refractivity contribution in [1.29, 1.82) is 0 Å². The number of fused-ring (bicyclic) bond motifs is 1. The third-order valence-electron chi connectivity index (χ3n) is 5.70. The first-order valence-electron chi connectivity index (χ1n) is 9.95. The van der Waals surface area contributed by atoms with Gasteiger partial charge in [0.1, 0.15) is 5.75 Å². The van der Waals surface area contributed by atoms with E-state index in [1.54, 1.807) is 0 Å². The number of nitrogens with zero attached hydrogens (tertiary/aromatic N) is 1. The first-order valence-corrected chi connectivity index (χ1v) is 9.95. The van der Waals surface area contributed by atoms with Gasteiger partial charge in [0.05, 0.1) is 12.0 Å². The van der Waals surface area contributed by atoms with Gasteiger partial charge < -0.3 is 9.84 Å². The van der Waals surface area contributed by atoms with Gasteiger partial charge in [-0.3, -0.25) is 9.69 Å². The second-order valence-electron chi connectivity index (χ2n) is 7.85. The Balaban J connectivity index is 1.66. The summed E-state index contributed by atoms with van der Waals surface area (Å²) in [7, 11) is 0. The van der Waals surface area contributed by atoms with Crippen LogP contribution in [0.5, 0.6) is 5.75 Å². The number of ether oxygens (including phenoxy) is 1. The first-order chi connectivity index (χ1) is 12.5. The van der Waals surface area contributed by atoms with Crippen LogP contribution >= 0.6 is 0 Å². The summed E-state index contributed by atoms with van der Waals surface area (Å²) in [6.45, 7) is 8.88. The van der Waals surface area contributed by atoms with E-state index in [2.05, 4.69) is 49.9 Å². The second-order valence-corrected chi connectivity index (χ2v) is 7.85. The Bertz CT molecular complexity index is 676. The topological polar surface area (TPSA) is 49.8 Å². The molecule has 1 fully saturated rings. The third-order valence-corrected chi connectivity index (χ3v) is 5.70. The van der Waals surface area contributed by atoms with Crippen LogP contribution in [-0.2, 0) is 11.2 Å². The zero-order valence-electron chi connectivity index (χ0n) is 16.2. The molecule has 142 valence electrons. The summed E-state index contributed by atoms with van der Waals surface area (Å²) in [5.41, 5.74) is 4.05. The van der Waals surface area contributed by atoms with E-state index in [1.165, 1.54) is 16.7 Å². The van der Waals surface area contributed by atoms with Crippen LogP contribution in [0.2, 0.25) is 0 Å². The molecular formula is C22H31NO3. The van der Waals surface area contributed by atoms with E-state index in [-0.39, 0.29) is 5.92 Å². The predicted molar refractivity (Wildman–Crippen MR) is 104 cm³/mol. The van der Waals surface area contributed by atoms with Crippen molar-refractivity contribution in [1.82, 2.24) is 4.90 Å². The standard InChI is InChI=1S/C22H31NO3/c1-4-6-20(5-2)26-21-8-7-16-10-18(15(3)9-17(16)11-21)12-23-13-19(14-23)22(24)25/h7-8,10-11,15,19-20H,4-6,9,12-14H2,1-3H3,(H,24,25)/t15-,20?/m1/s1. The zero-order chi connectivity index (χ0) is 18.7. The number of carboxylic acid groups (broad SMARTS) is 1. The van der Waals surface area contributed by atoms with Crippen LogP contribution in [0.3, 0.4) is 0 Å². The SMILES string of the molecule is CCCC(CC)Oc1ccc2c(c1)C[C@@H](C)C(CN1CC(C(=O)O)C1)=C2. The Labute approximate surface area is 156 Å². The molecule has 3 rings (SSSR count). The molecular weight excluding hydrogens is 326 g/mol. The van der Waals surface area contributed by atoms with Crippen molar-refractivity contribution >= 4 is 12.0 Å². The zero-order valence-corrected chi connectivity index (χ0v) is 16.2. The quantitative estimate of drug-likeness (QED) is 0.756. The Morgan fingerprint density at radius 2 is 2.12 bits per heavy atom. The number of carbonyl (C=O) groups is 1. The highest BCUT2D eigenvalue weighted by Gasteiger charge is 2.33. The minimum Gasteiger partial charge on any atom is -0.490 e.